The van der Waals surface area contributed by atoms with E-state index in [4.69, 9.17) is 22.1 Å². The molecule has 2 rings (SSSR count). The second-order valence-electron chi connectivity index (χ2n) is 3.60. The number of hydrogen-bond donors (Lipinski definition) is 1. The van der Waals surface area contributed by atoms with E-state index in [-0.39, 0.29) is 0 Å². The molecule has 0 aliphatic carbocycles. The molecule has 2 aromatic rings. The topological polar surface area (TPSA) is 35.2 Å². The van der Waals surface area contributed by atoms with Crippen molar-refractivity contribution in [2.45, 2.75) is 6.61 Å². The van der Waals surface area contributed by atoms with Crippen LogP contribution >= 0.6 is 27.5 Å². The molecule has 0 saturated heterocycles. The van der Waals surface area contributed by atoms with Gasteiger partial charge in [0, 0.05) is 15.2 Å². The average molecular weight is 313 g/mol. The van der Waals surface area contributed by atoms with Gasteiger partial charge in [-0.1, -0.05) is 23.7 Å². The summed E-state index contributed by atoms with van der Waals surface area (Å²) in [5, 5.41) is 0.726. The van der Waals surface area contributed by atoms with Crippen molar-refractivity contribution in [2.75, 3.05) is 5.73 Å². The number of rotatable bonds is 3. The van der Waals surface area contributed by atoms with Crippen LogP contribution in [0.3, 0.4) is 0 Å². The molecular weight excluding hydrogens is 302 g/mol. The largest absolute Gasteiger partial charge is 0.489 e. The molecule has 0 bridgehead atoms. The minimum absolute atomic E-state index is 0.507. The Morgan fingerprint density at radius 3 is 2.47 bits per heavy atom. The fourth-order valence-corrected chi connectivity index (χ4v) is 1.83. The lowest BCUT2D eigenvalue weighted by molar-refractivity contribution is 0.306. The summed E-state index contributed by atoms with van der Waals surface area (Å²) in [6.45, 7) is 0.507. The zero-order valence-corrected chi connectivity index (χ0v) is 11.3. The molecule has 0 aliphatic heterocycles. The van der Waals surface area contributed by atoms with Crippen molar-refractivity contribution >= 4 is 33.2 Å². The van der Waals surface area contributed by atoms with Gasteiger partial charge in [0.15, 0.2) is 0 Å². The van der Waals surface area contributed by atoms with Gasteiger partial charge in [-0.25, -0.2) is 0 Å². The first kappa shape index (κ1) is 12.3. The maximum absolute atomic E-state index is 5.81. The van der Waals surface area contributed by atoms with Crippen molar-refractivity contribution in [2.24, 2.45) is 0 Å². The van der Waals surface area contributed by atoms with E-state index in [2.05, 4.69) is 15.9 Å². The van der Waals surface area contributed by atoms with Crippen molar-refractivity contribution in [3.63, 3.8) is 0 Å². The van der Waals surface area contributed by atoms with Gasteiger partial charge in [0.05, 0.1) is 0 Å². The molecular formula is C13H11BrClNO. The molecule has 0 atom stereocenters. The fourth-order valence-electron chi connectivity index (χ4n) is 1.34. The maximum Gasteiger partial charge on any atom is 0.121 e. The highest BCUT2D eigenvalue weighted by Crippen LogP contribution is 2.25. The van der Waals surface area contributed by atoms with Crippen LogP contribution in [0.5, 0.6) is 5.75 Å². The number of nitrogen functional groups attached to an aromatic ring is 1. The molecule has 0 aliphatic rings. The summed E-state index contributed by atoms with van der Waals surface area (Å²) in [4.78, 5) is 0. The lowest BCUT2D eigenvalue weighted by atomic mass is 10.2. The molecule has 0 aromatic heterocycles. The van der Waals surface area contributed by atoms with Crippen LogP contribution in [0, 0.1) is 0 Å². The van der Waals surface area contributed by atoms with Gasteiger partial charge in [-0.2, -0.15) is 0 Å². The van der Waals surface area contributed by atoms with Gasteiger partial charge in [-0.05, 0) is 51.8 Å². The summed E-state index contributed by atoms with van der Waals surface area (Å²) in [5.74, 6) is 0.779. The van der Waals surface area contributed by atoms with Crippen molar-refractivity contribution in [3.8, 4) is 5.75 Å². The number of hydrogen-bond acceptors (Lipinski definition) is 2. The molecule has 2 nitrogen and oxygen atoms in total. The van der Waals surface area contributed by atoms with Crippen LogP contribution in [0.4, 0.5) is 5.69 Å². The number of halogens is 2. The van der Waals surface area contributed by atoms with Crippen LogP contribution < -0.4 is 10.5 Å². The Bertz CT molecular complexity index is 513. The molecule has 2 aromatic carbocycles. The standard InChI is InChI=1S/C13H11BrClNO/c14-12-7-11(5-6-13(12)16)17-8-9-1-3-10(15)4-2-9/h1-7H,8,16H2. The van der Waals surface area contributed by atoms with Gasteiger partial charge < -0.3 is 10.5 Å². The van der Waals surface area contributed by atoms with Gasteiger partial charge in [0.2, 0.25) is 0 Å². The van der Waals surface area contributed by atoms with Gasteiger partial charge in [-0.15, -0.1) is 0 Å². The third-order valence-electron chi connectivity index (χ3n) is 2.29. The quantitative estimate of drug-likeness (QED) is 0.859. The minimum Gasteiger partial charge on any atom is -0.489 e. The SMILES string of the molecule is Nc1ccc(OCc2ccc(Cl)cc2)cc1Br. The Morgan fingerprint density at radius 1 is 1.12 bits per heavy atom. The third-order valence-corrected chi connectivity index (χ3v) is 3.23. The van der Waals surface area contributed by atoms with E-state index in [0.29, 0.717) is 12.3 Å². The van der Waals surface area contributed by atoms with Gasteiger partial charge in [-0.3, -0.25) is 0 Å². The molecule has 0 radical (unpaired) electrons. The molecule has 0 spiro atoms. The molecule has 2 N–H and O–H groups in total. The minimum atomic E-state index is 0.507. The smallest absolute Gasteiger partial charge is 0.121 e. The van der Waals surface area contributed by atoms with E-state index in [1.165, 1.54) is 0 Å². The number of benzene rings is 2. The Hall–Kier alpha value is -1.19. The number of ether oxygens (including phenoxy) is 1. The second-order valence-corrected chi connectivity index (χ2v) is 4.89. The van der Waals surface area contributed by atoms with Crippen molar-refractivity contribution in [1.29, 1.82) is 0 Å². The molecule has 0 saturated carbocycles. The van der Waals surface area contributed by atoms with Crippen LogP contribution in [-0.2, 0) is 6.61 Å². The normalized spacial score (nSPS) is 10.2. The van der Waals surface area contributed by atoms with Crippen LogP contribution in [-0.4, -0.2) is 0 Å². The lowest BCUT2D eigenvalue weighted by Gasteiger charge is -2.07. The Kier molecular flexibility index (Phi) is 3.92. The summed E-state index contributed by atoms with van der Waals surface area (Å²) in [5.41, 5.74) is 7.47. The van der Waals surface area contributed by atoms with Crippen molar-refractivity contribution < 1.29 is 4.74 Å². The van der Waals surface area contributed by atoms with Crippen LogP contribution in [0.25, 0.3) is 0 Å². The highest BCUT2D eigenvalue weighted by molar-refractivity contribution is 9.10. The second kappa shape index (κ2) is 5.43. The zero-order valence-electron chi connectivity index (χ0n) is 8.99. The molecule has 4 heteroatoms. The summed E-state index contributed by atoms with van der Waals surface area (Å²) in [6, 6.07) is 13.1. The molecule has 0 unspecified atom stereocenters. The van der Waals surface area contributed by atoms with E-state index < -0.39 is 0 Å². The fraction of sp³-hybridized carbons (Fsp3) is 0.0769. The van der Waals surface area contributed by atoms with Crippen LogP contribution in [0.2, 0.25) is 5.02 Å². The maximum atomic E-state index is 5.81. The summed E-state index contributed by atoms with van der Waals surface area (Å²) in [6.07, 6.45) is 0. The summed E-state index contributed by atoms with van der Waals surface area (Å²) < 4.78 is 6.48. The van der Waals surface area contributed by atoms with E-state index in [1.54, 1.807) is 6.07 Å². The van der Waals surface area contributed by atoms with Crippen molar-refractivity contribution in [1.82, 2.24) is 0 Å². The Labute approximate surface area is 113 Å². The van der Waals surface area contributed by atoms with Gasteiger partial charge in [0.25, 0.3) is 0 Å². The van der Waals surface area contributed by atoms with Gasteiger partial charge in [0.1, 0.15) is 12.4 Å². The predicted molar refractivity (Wildman–Crippen MR) is 74.3 cm³/mol. The lowest BCUT2D eigenvalue weighted by Crippen LogP contribution is -1.95. The Balaban J connectivity index is 2.02. The Morgan fingerprint density at radius 2 is 1.82 bits per heavy atom. The summed E-state index contributed by atoms with van der Waals surface area (Å²) >= 11 is 9.17. The molecule has 0 heterocycles. The van der Waals surface area contributed by atoms with E-state index in [0.717, 1.165) is 20.8 Å². The zero-order chi connectivity index (χ0) is 12.3. The molecule has 88 valence electrons. The monoisotopic (exact) mass is 311 g/mol. The van der Waals surface area contributed by atoms with E-state index in [1.807, 2.05) is 36.4 Å². The van der Waals surface area contributed by atoms with E-state index >= 15 is 0 Å². The first-order chi connectivity index (χ1) is 8.15. The molecule has 0 amide bonds. The number of anilines is 1. The van der Waals surface area contributed by atoms with Crippen LogP contribution in [0.15, 0.2) is 46.9 Å². The highest BCUT2D eigenvalue weighted by Gasteiger charge is 2.00. The molecule has 0 fully saturated rings. The first-order valence-corrected chi connectivity index (χ1v) is 6.24. The van der Waals surface area contributed by atoms with E-state index in [9.17, 15) is 0 Å². The number of nitrogens with two attached hydrogens (primary N) is 1. The highest BCUT2D eigenvalue weighted by atomic mass is 79.9. The third kappa shape index (κ3) is 3.38. The average Bonchev–Trinajstić information content (AvgIpc) is 2.33. The predicted octanol–water partition coefficient (Wildman–Crippen LogP) is 4.26. The van der Waals surface area contributed by atoms with Crippen molar-refractivity contribution in [3.05, 3.63) is 57.5 Å². The molecule has 17 heavy (non-hydrogen) atoms. The van der Waals surface area contributed by atoms with Gasteiger partial charge >= 0.3 is 0 Å². The summed E-state index contributed by atoms with van der Waals surface area (Å²) in [7, 11) is 0. The van der Waals surface area contributed by atoms with Crippen LogP contribution in [0.1, 0.15) is 5.56 Å². The first-order valence-electron chi connectivity index (χ1n) is 5.07.